The van der Waals surface area contributed by atoms with Crippen LogP contribution in [0.4, 0.5) is 0 Å². The highest BCUT2D eigenvalue weighted by Crippen LogP contribution is 2.44. The van der Waals surface area contributed by atoms with Crippen molar-refractivity contribution in [3.63, 3.8) is 0 Å². The lowest BCUT2D eigenvalue weighted by molar-refractivity contribution is 0.417. The summed E-state index contributed by atoms with van der Waals surface area (Å²) in [5.74, 6) is 4.98. The van der Waals surface area contributed by atoms with Gasteiger partial charge in [0, 0.05) is 0 Å². The zero-order valence-electron chi connectivity index (χ0n) is 21.2. The Hall–Kier alpha value is -2.04. The molecule has 2 atom stereocenters. The third-order valence-corrected chi connectivity index (χ3v) is 11.1. The molecule has 0 saturated heterocycles. The van der Waals surface area contributed by atoms with Gasteiger partial charge in [0.1, 0.15) is 0 Å². The van der Waals surface area contributed by atoms with Crippen LogP contribution in [-0.2, 0) is 0 Å². The summed E-state index contributed by atoms with van der Waals surface area (Å²) in [6.45, 7) is 7.73. The molecule has 0 heterocycles. The molecule has 0 bridgehead atoms. The summed E-state index contributed by atoms with van der Waals surface area (Å²) < 4.78 is 0. The lowest BCUT2D eigenvalue weighted by Gasteiger charge is -2.30. The van der Waals surface area contributed by atoms with Crippen LogP contribution in [-0.4, -0.2) is 5.80 Å². The molecule has 176 valence electrons. The predicted octanol–water partition coefficient (Wildman–Crippen LogP) is 8.05. The molecule has 0 saturated carbocycles. The van der Waals surface area contributed by atoms with Crippen molar-refractivity contribution in [3.8, 4) is 0 Å². The Bertz CT molecular complexity index is 869. The Balaban J connectivity index is 1.88. The molecule has 0 aromatic heterocycles. The van der Waals surface area contributed by atoms with Gasteiger partial charge in [-0.3, -0.25) is 0 Å². The fourth-order valence-electron chi connectivity index (χ4n) is 4.96. The van der Waals surface area contributed by atoms with E-state index in [2.05, 4.69) is 124 Å². The van der Waals surface area contributed by atoms with E-state index in [4.69, 9.17) is 0 Å². The van der Waals surface area contributed by atoms with Gasteiger partial charge >= 0.3 is 0 Å². The minimum atomic E-state index is -1.83. The van der Waals surface area contributed by atoms with E-state index in [9.17, 15) is 0 Å². The van der Waals surface area contributed by atoms with Crippen LogP contribution in [0, 0.1) is 17.8 Å². The first-order chi connectivity index (χ1) is 16.0. The van der Waals surface area contributed by atoms with Crippen LogP contribution in [0.15, 0.2) is 91.0 Å². The average molecular weight is 459 g/mol. The summed E-state index contributed by atoms with van der Waals surface area (Å²) in [5, 5.41) is 4.36. The smallest absolute Gasteiger partial charge is 0.0163 e. The van der Waals surface area contributed by atoms with E-state index in [1.807, 2.05) is 0 Å². The molecule has 3 aromatic rings. The van der Waals surface area contributed by atoms with Crippen molar-refractivity contribution in [2.45, 2.75) is 66.2 Å². The molecular weight excluding hydrogens is 415 g/mol. The third kappa shape index (κ3) is 7.22. The Kier molecular flexibility index (Phi) is 10.1. The van der Waals surface area contributed by atoms with E-state index in [1.165, 1.54) is 54.4 Å². The van der Waals surface area contributed by atoms with Gasteiger partial charge in [0.2, 0.25) is 0 Å². The van der Waals surface area contributed by atoms with Crippen LogP contribution >= 0.6 is 6.89 Å². The molecule has 0 spiro atoms. The molecule has 0 fully saturated rings. The lowest BCUT2D eigenvalue weighted by Crippen LogP contribution is -2.28. The van der Waals surface area contributed by atoms with E-state index in [1.54, 1.807) is 0 Å². The summed E-state index contributed by atoms with van der Waals surface area (Å²) in [4.78, 5) is 0. The van der Waals surface area contributed by atoms with Crippen molar-refractivity contribution < 1.29 is 0 Å². The standard InChI is InChI=1S/C32H43P/c1-27(2)16-14-17-28(3)18-15-19-29(4)26-33(30-20-8-5-9-21-30,31-22-10-6-11-23-31)32-24-12-7-13-25-32/h5-13,20-29H,14-19H2,1-4H3/t28-,29-/m1/s1. The highest BCUT2D eigenvalue weighted by atomic mass is 31.2. The molecule has 0 radical (unpaired) electrons. The summed E-state index contributed by atoms with van der Waals surface area (Å²) in [6, 6.07) is 33.7. The number of hydrogen-bond donors (Lipinski definition) is 0. The molecule has 0 aliphatic rings. The molecule has 0 amide bonds. The largest absolute Gasteiger partial charge is 0.0714 e. The van der Waals surface area contributed by atoms with Crippen molar-refractivity contribution in [2.24, 2.45) is 17.8 Å². The van der Waals surface area contributed by atoms with Crippen LogP contribution in [0.2, 0.25) is 0 Å². The van der Waals surface area contributed by atoms with Crippen LogP contribution in [0.3, 0.4) is 0 Å². The van der Waals surface area contributed by atoms with Gasteiger partial charge in [-0.05, 0) is 47.0 Å². The van der Waals surface area contributed by atoms with Gasteiger partial charge in [-0.15, -0.1) is 0 Å². The van der Waals surface area contributed by atoms with Crippen LogP contribution in [0.25, 0.3) is 0 Å². The van der Waals surface area contributed by atoms with E-state index in [0.717, 1.165) is 11.8 Å². The van der Waals surface area contributed by atoms with E-state index in [0.29, 0.717) is 5.92 Å². The lowest BCUT2D eigenvalue weighted by atomic mass is 9.94. The van der Waals surface area contributed by atoms with Gasteiger partial charge in [-0.25, -0.2) is 0 Å². The SMILES string of the molecule is CC(C)CCC[C@@H](C)CCC[C@@H](C)C=P(c1ccccc1)(c1ccccc1)c1ccccc1. The van der Waals surface area contributed by atoms with Crippen molar-refractivity contribution in [3.05, 3.63) is 91.0 Å². The minimum absolute atomic E-state index is 0.571. The first-order valence-electron chi connectivity index (χ1n) is 12.9. The Morgan fingerprint density at radius 1 is 0.545 bits per heavy atom. The monoisotopic (exact) mass is 458 g/mol. The van der Waals surface area contributed by atoms with Gasteiger partial charge in [-0.2, -0.15) is 0 Å². The van der Waals surface area contributed by atoms with Crippen molar-refractivity contribution in [1.29, 1.82) is 0 Å². The van der Waals surface area contributed by atoms with Crippen molar-refractivity contribution in [1.82, 2.24) is 0 Å². The van der Waals surface area contributed by atoms with Crippen LogP contribution in [0.5, 0.6) is 0 Å². The molecule has 3 aromatic carbocycles. The van der Waals surface area contributed by atoms with Gasteiger partial charge in [0.05, 0.1) is 0 Å². The fourth-order valence-corrected chi connectivity index (χ4v) is 9.21. The maximum absolute atomic E-state index is 2.73. The van der Waals surface area contributed by atoms with Gasteiger partial charge in [0.25, 0.3) is 0 Å². The summed E-state index contributed by atoms with van der Waals surface area (Å²) >= 11 is 0. The second kappa shape index (κ2) is 13.0. The molecule has 0 nitrogen and oxygen atoms in total. The van der Waals surface area contributed by atoms with Crippen LogP contribution in [0.1, 0.15) is 66.2 Å². The number of benzene rings is 3. The Morgan fingerprint density at radius 3 is 1.33 bits per heavy atom. The molecule has 1 heteroatoms. The zero-order chi connectivity index (χ0) is 23.5. The Labute approximate surface area is 203 Å². The molecule has 0 N–H and O–H groups in total. The van der Waals surface area contributed by atoms with Crippen LogP contribution < -0.4 is 15.9 Å². The molecule has 0 unspecified atom stereocenters. The van der Waals surface area contributed by atoms with E-state index in [-0.39, 0.29) is 0 Å². The van der Waals surface area contributed by atoms with Gasteiger partial charge in [-0.1, -0.05) is 157 Å². The molecule has 3 rings (SSSR count). The Morgan fingerprint density at radius 2 is 0.939 bits per heavy atom. The van der Waals surface area contributed by atoms with E-state index < -0.39 is 6.89 Å². The second-order valence-electron chi connectivity index (χ2n) is 10.2. The second-order valence-corrected chi connectivity index (χ2v) is 13.5. The quantitative estimate of drug-likeness (QED) is 0.241. The van der Waals surface area contributed by atoms with Gasteiger partial charge < -0.3 is 0 Å². The highest BCUT2D eigenvalue weighted by molar-refractivity contribution is 7.94. The molecular formula is C32H43P. The minimum Gasteiger partial charge on any atom is -0.0714 e. The maximum Gasteiger partial charge on any atom is -0.0163 e. The van der Waals surface area contributed by atoms with Gasteiger partial charge in [0.15, 0.2) is 0 Å². The molecule has 0 aliphatic heterocycles. The predicted molar refractivity (Wildman–Crippen MR) is 152 cm³/mol. The van der Waals surface area contributed by atoms with Crippen molar-refractivity contribution in [2.75, 3.05) is 0 Å². The summed E-state index contributed by atoms with van der Waals surface area (Å²) in [6.07, 6.45) is 8.06. The highest BCUT2D eigenvalue weighted by Gasteiger charge is 2.25. The normalized spacial score (nSPS) is 13.6. The first kappa shape index (κ1) is 25.6. The molecule has 0 aliphatic carbocycles. The zero-order valence-corrected chi connectivity index (χ0v) is 22.1. The number of hydrogen-bond acceptors (Lipinski definition) is 0. The number of rotatable bonds is 12. The fraction of sp³-hybridized carbons (Fsp3) is 0.406. The third-order valence-electron chi connectivity index (χ3n) is 6.80. The van der Waals surface area contributed by atoms with Crippen molar-refractivity contribution >= 4 is 28.6 Å². The first-order valence-corrected chi connectivity index (χ1v) is 14.8. The maximum atomic E-state index is 2.73. The topological polar surface area (TPSA) is 0 Å². The molecule has 33 heavy (non-hydrogen) atoms. The average Bonchev–Trinajstić information content (AvgIpc) is 2.84. The summed E-state index contributed by atoms with van der Waals surface area (Å²) in [7, 11) is 0. The summed E-state index contributed by atoms with van der Waals surface area (Å²) in [5.41, 5.74) is 0. The van der Waals surface area contributed by atoms with E-state index >= 15 is 0 Å².